The van der Waals surface area contributed by atoms with E-state index >= 15 is 0 Å². The smallest absolute Gasteiger partial charge is 0.324 e. The van der Waals surface area contributed by atoms with Gasteiger partial charge in [0.1, 0.15) is 0 Å². The van der Waals surface area contributed by atoms with Gasteiger partial charge < -0.3 is 5.32 Å². The van der Waals surface area contributed by atoms with Crippen molar-refractivity contribution < 1.29 is 22.4 Å². The van der Waals surface area contributed by atoms with Crippen LogP contribution in [0.25, 0.3) is 28.1 Å². The second kappa shape index (κ2) is 11.8. The van der Waals surface area contributed by atoms with Crippen molar-refractivity contribution in [2.45, 2.75) is 38.4 Å². The number of alkyl halides is 3. The van der Waals surface area contributed by atoms with E-state index in [1.807, 2.05) is 0 Å². The van der Waals surface area contributed by atoms with Crippen LogP contribution < -0.4 is 10.9 Å². The summed E-state index contributed by atoms with van der Waals surface area (Å²) in [6, 6.07) is 9.65. The molecule has 1 aliphatic rings. The van der Waals surface area contributed by atoms with E-state index in [1.54, 1.807) is 19.1 Å². The molecular weight excluding hydrogens is 616 g/mol. The maximum atomic E-state index is 14.2. The third kappa shape index (κ3) is 6.18. The summed E-state index contributed by atoms with van der Waals surface area (Å²) in [6.07, 6.45) is 1.65. The highest BCUT2D eigenvalue weighted by molar-refractivity contribution is 6.31. The topological polar surface area (TPSA) is 120 Å². The van der Waals surface area contributed by atoms with Crippen molar-refractivity contribution in [2.75, 3.05) is 5.32 Å². The van der Waals surface area contributed by atoms with Crippen molar-refractivity contribution >= 4 is 23.2 Å². The Labute approximate surface area is 257 Å². The molecule has 2 atom stereocenters. The van der Waals surface area contributed by atoms with Gasteiger partial charge in [-0.3, -0.25) is 19.1 Å². The number of fused-ring (bicyclic) bond motifs is 4. The quantitative estimate of drug-likeness (QED) is 0.187. The Morgan fingerprint density at radius 2 is 1.82 bits per heavy atom. The number of carbonyl (C=O) groups excluding carboxylic acids is 1. The molecule has 2 bridgehead atoms. The predicted molar refractivity (Wildman–Crippen MR) is 156 cm³/mol. The average Bonchev–Trinajstić information content (AvgIpc) is 3.51. The minimum atomic E-state index is -4.70. The van der Waals surface area contributed by atoms with Crippen LogP contribution in [0.1, 0.15) is 43.6 Å². The van der Waals surface area contributed by atoms with Gasteiger partial charge in [-0.05, 0) is 48.7 Å². The normalized spacial score (nSPS) is 17.2. The Bertz CT molecular complexity index is 1980. The molecule has 0 aliphatic carbocycles. The zero-order chi connectivity index (χ0) is 31.9. The highest BCUT2D eigenvalue weighted by Crippen LogP contribution is 2.34. The zero-order valence-corrected chi connectivity index (χ0v) is 24.2. The molecule has 0 unspecified atom stereocenters. The summed E-state index contributed by atoms with van der Waals surface area (Å²) in [4.78, 5) is 39.3. The van der Waals surface area contributed by atoms with Crippen LogP contribution in [-0.4, -0.2) is 40.4 Å². The van der Waals surface area contributed by atoms with Gasteiger partial charge in [0.25, 0.3) is 5.56 Å². The van der Waals surface area contributed by atoms with Gasteiger partial charge in [-0.1, -0.05) is 30.2 Å². The Balaban J connectivity index is 1.42. The summed E-state index contributed by atoms with van der Waals surface area (Å²) in [6.45, 7) is 1.78. The van der Waals surface area contributed by atoms with Gasteiger partial charge in [0, 0.05) is 40.4 Å². The van der Waals surface area contributed by atoms with Crippen molar-refractivity contribution in [1.82, 2.24) is 34.5 Å². The van der Waals surface area contributed by atoms with Crippen molar-refractivity contribution in [3.05, 3.63) is 100 Å². The van der Waals surface area contributed by atoms with E-state index in [0.717, 1.165) is 10.9 Å². The third-order valence-electron chi connectivity index (χ3n) is 7.56. The van der Waals surface area contributed by atoms with Crippen LogP contribution in [0.4, 0.5) is 23.2 Å². The van der Waals surface area contributed by atoms with Gasteiger partial charge >= 0.3 is 6.18 Å². The first kappa shape index (κ1) is 30.1. The first-order valence-corrected chi connectivity index (χ1v) is 14.2. The van der Waals surface area contributed by atoms with Crippen LogP contribution in [0, 0.1) is 11.9 Å². The zero-order valence-electron chi connectivity index (χ0n) is 23.5. The molecule has 10 nitrogen and oxygen atoms in total. The minimum Gasteiger partial charge on any atom is -0.324 e. The van der Waals surface area contributed by atoms with E-state index in [0.29, 0.717) is 41.8 Å². The average molecular weight is 639 g/mol. The lowest BCUT2D eigenvalue weighted by molar-refractivity contribution is -0.141. The Morgan fingerprint density at radius 3 is 2.58 bits per heavy atom. The van der Waals surface area contributed by atoms with Gasteiger partial charge in [-0.15, -0.1) is 5.10 Å². The van der Waals surface area contributed by atoms with Crippen LogP contribution in [0.5, 0.6) is 0 Å². The molecule has 1 aromatic carbocycles. The summed E-state index contributed by atoms with van der Waals surface area (Å²) < 4.78 is 56.1. The Hall–Kier alpha value is -4.98. The summed E-state index contributed by atoms with van der Waals surface area (Å²) >= 11 is 6.22. The molecular formula is C30H23ClF4N8O2. The molecule has 0 spiro atoms. The number of anilines is 1. The van der Waals surface area contributed by atoms with Gasteiger partial charge in [0.2, 0.25) is 11.9 Å². The van der Waals surface area contributed by atoms with E-state index in [9.17, 15) is 27.2 Å². The van der Waals surface area contributed by atoms with E-state index in [1.165, 1.54) is 53.6 Å². The second-order valence-electron chi connectivity index (χ2n) is 10.6. The number of amides is 1. The van der Waals surface area contributed by atoms with E-state index < -0.39 is 29.4 Å². The molecule has 15 heteroatoms. The Morgan fingerprint density at radius 1 is 1.00 bits per heavy atom. The first-order chi connectivity index (χ1) is 21.5. The molecule has 4 aromatic heterocycles. The number of hydrogen-bond acceptors (Lipinski definition) is 7. The predicted octanol–water partition coefficient (Wildman–Crippen LogP) is 6.11. The second-order valence-corrected chi connectivity index (χ2v) is 11.0. The van der Waals surface area contributed by atoms with Gasteiger partial charge in [-0.25, -0.2) is 14.6 Å². The highest BCUT2D eigenvalue weighted by Gasteiger charge is 2.35. The van der Waals surface area contributed by atoms with Crippen LogP contribution in [-0.2, 0) is 11.0 Å². The number of rotatable bonds is 3. The van der Waals surface area contributed by atoms with E-state index in [-0.39, 0.29) is 33.8 Å². The van der Waals surface area contributed by atoms with Crippen molar-refractivity contribution in [3.63, 3.8) is 0 Å². The standard InChI is InChI=1S/C30H23ClF4N8O2/c1-16-3-2-4-25(22-9-17(7-8-36-22)19-11-27(32)37-13-23(19)39-29(16)45)42-15-38-21(12-28(42)44)20-10-18(31)5-6-24(20)43-14-26(40-41-43)30(33,34)35/h5-16,25H,2-4H2,1H3,(H,39,45)/t16-,25+/m1/s1. The summed E-state index contributed by atoms with van der Waals surface area (Å²) in [5.74, 6) is -1.36. The molecule has 5 heterocycles. The van der Waals surface area contributed by atoms with Crippen LogP contribution in [0.2, 0.25) is 5.02 Å². The van der Waals surface area contributed by atoms with E-state index in [2.05, 4.69) is 30.6 Å². The highest BCUT2D eigenvalue weighted by atomic mass is 35.5. The molecule has 5 aromatic rings. The van der Waals surface area contributed by atoms with Crippen LogP contribution in [0.15, 0.2) is 72.2 Å². The molecule has 1 amide bonds. The minimum absolute atomic E-state index is 0.148. The van der Waals surface area contributed by atoms with Crippen LogP contribution in [0.3, 0.4) is 0 Å². The molecule has 0 radical (unpaired) electrons. The lowest BCUT2D eigenvalue weighted by Gasteiger charge is -2.22. The fourth-order valence-corrected chi connectivity index (χ4v) is 5.39. The number of benzene rings is 1. The molecule has 1 aliphatic heterocycles. The number of nitrogens with one attached hydrogen (secondary N) is 1. The number of hydrogen-bond donors (Lipinski definition) is 1. The lowest BCUT2D eigenvalue weighted by atomic mass is 9.96. The van der Waals surface area contributed by atoms with Crippen molar-refractivity contribution in [1.29, 1.82) is 0 Å². The van der Waals surface area contributed by atoms with Crippen molar-refractivity contribution in [2.24, 2.45) is 5.92 Å². The molecule has 0 saturated heterocycles. The third-order valence-corrected chi connectivity index (χ3v) is 7.80. The molecule has 0 fully saturated rings. The van der Waals surface area contributed by atoms with Gasteiger partial charge in [0.15, 0.2) is 5.69 Å². The fourth-order valence-electron chi connectivity index (χ4n) is 5.22. The summed E-state index contributed by atoms with van der Waals surface area (Å²) in [7, 11) is 0. The largest absolute Gasteiger partial charge is 0.436 e. The first-order valence-electron chi connectivity index (χ1n) is 13.8. The SMILES string of the molecule is C[C@@H]1CCC[C@H](n2cnc(-c3cc(Cl)ccc3-n3cc(C(F)(F)F)nn3)cc2=O)c2cc(ccn2)-c2cc(F)ncc2NC1=O. The van der Waals surface area contributed by atoms with Crippen LogP contribution >= 0.6 is 11.6 Å². The number of aromatic nitrogens is 7. The lowest BCUT2D eigenvalue weighted by Crippen LogP contribution is -2.27. The number of carbonyl (C=O) groups is 1. The number of halogens is 5. The van der Waals surface area contributed by atoms with Gasteiger partial charge in [0.05, 0.1) is 47.5 Å². The molecule has 6 rings (SSSR count). The molecule has 1 N–H and O–H groups in total. The Kier molecular flexibility index (Phi) is 7.91. The number of nitrogens with zero attached hydrogens (tertiary/aromatic N) is 7. The molecule has 45 heavy (non-hydrogen) atoms. The van der Waals surface area contributed by atoms with Crippen molar-refractivity contribution in [3.8, 4) is 28.1 Å². The summed E-state index contributed by atoms with van der Waals surface area (Å²) in [5, 5.41) is 9.92. The summed E-state index contributed by atoms with van der Waals surface area (Å²) in [5.41, 5.74) is 0.759. The maximum Gasteiger partial charge on any atom is 0.436 e. The monoisotopic (exact) mass is 638 g/mol. The molecule has 230 valence electrons. The maximum absolute atomic E-state index is 14.2. The number of pyridine rings is 2. The van der Waals surface area contributed by atoms with E-state index in [4.69, 9.17) is 11.6 Å². The molecule has 0 saturated carbocycles. The van der Waals surface area contributed by atoms with Gasteiger partial charge in [-0.2, -0.15) is 17.6 Å². The fraction of sp³-hybridized carbons (Fsp3) is 0.233.